The molecule has 0 bridgehead atoms. The molecule has 35 heavy (non-hydrogen) atoms. The minimum absolute atomic E-state index is 0.209. The fourth-order valence-corrected chi connectivity index (χ4v) is 8.86. The Labute approximate surface area is 210 Å². The Morgan fingerprint density at radius 3 is 2.11 bits per heavy atom. The molecular formula is C32H40N2O. The van der Waals surface area contributed by atoms with Gasteiger partial charge in [-0.2, -0.15) is 0 Å². The average molecular weight is 469 g/mol. The minimum Gasteiger partial charge on any atom is -0.342 e. The number of carbonyl (C=O) groups excluding carboxylic acids is 1. The molecule has 7 rings (SSSR count). The first-order chi connectivity index (χ1) is 17.2. The van der Waals surface area contributed by atoms with Crippen LogP contribution in [0.25, 0.3) is 0 Å². The van der Waals surface area contributed by atoms with Gasteiger partial charge in [0.1, 0.15) is 0 Å². The summed E-state index contributed by atoms with van der Waals surface area (Å²) in [5.74, 6) is 1.41. The summed E-state index contributed by atoms with van der Waals surface area (Å²) in [6, 6.07) is 22.8. The molecule has 3 heteroatoms. The summed E-state index contributed by atoms with van der Waals surface area (Å²) >= 11 is 0. The zero-order chi connectivity index (χ0) is 23.5. The van der Waals surface area contributed by atoms with Crippen molar-refractivity contribution in [1.29, 1.82) is 0 Å². The van der Waals surface area contributed by atoms with Gasteiger partial charge in [-0.25, -0.2) is 0 Å². The second kappa shape index (κ2) is 8.20. The second-order valence-electron chi connectivity index (χ2n) is 12.4. The van der Waals surface area contributed by atoms with Crippen molar-refractivity contribution in [1.82, 2.24) is 9.80 Å². The van der Waals surface area contributed by atoms with E-state index in [-0.39, 0.29) is 10.8 Å². The van der Waals surface area contributed by atoms with Crippen molar-refractivity contribution in [3.05, 3.63) is 71.8 Å². The molecule has 184 valence electrons. The van der Waals surface area contributed by atoms with Crippen LogP contribution in [0.15, 0.2) is 60.7 Å². The molecule has 4 atom stereocenters. The number of hydrogen-bond acceptors (Lipinski definition) is 2. The molecule has 1 amide bonds. The Hall–Kier alpha value is -2.13. The van der Waals surface area contributed by atoms with E-state index in [4.69, 9.17) is 0 Å². The van der Waals surface area contributed by atoms with E-state index in [2.05, 4.69) is 70.5 Å². The summed E-state index contributed by atoms with van der Waals surface area (Å²) < 4.78 is 0. The molecule has 3 aliphatic carbocycles. The van der Waals surface area contributed by atoms with Crippen molar-refractivity contribution < 1.29 is 4.79 Å². The molecule has 2 heterocycles. The molecule has 2 saturated heterocycles. The summed E-state index contributed by atoms with van der Waals surface area (Å²) in [6.07, 6.45) is 13.6. The number of nitrogens with zero attached hydrogens (tertiary/aromatic N) is 2. The van der Waals surface area contributed by atoms with Gasteiger partial charge in [0.15, 0.2) is 0 Å². The molecular weight excluding hydrogens is 428 g/mol. The standard InChI is InChI=1S/C32H40N2O/c35-29(31(16-7-8-17-31)26-12-5-2-6-13-26)33-21-18-30(19-22-33,25-10-3-1-4-11-25)20-23-34-28-15-9-14-27-24-32(27,28)34/h1-6,10-13,27-28H,7-9,14-24H2/t27-,28?,32?,34?/m0/s1. The number of likely N-dealkylation sites (tertiary alicyclic amines) is 2. The van der Waals surface area contributed by atoms with Crippen LogP contribution in [-0.4, -0.2) is 46.9 Å². The van der Waals surface area contributed by atoms with Gasteiger partial charge in [-0.05, 0) is 80.4 Å². The topological polar surface area (TPSA) is 23.3 Å². The van der Waals surface area contributed by atoms with E-state index in [1.165, 1.54) is 62.6 Å². The van der Waals surface area contributed by atoms with E-state index in [0.29, 0.717) is 11.4 Å². The van der Waals surface area contributed by atoms with Gasteiger partial charge in [0, 0.05) is 24.7 Å². The van der Waals surface area contributed by atoms with Gasteiger partial charge >= 0.3 is 0 Å². The van der Waals surface area contributed by atoms with Crippen LogP contribution in [0.2, 0.25) is 0 Å². The molecule has 3 unspecified atom stereocenters. The van der Waals surface area contributed by atoms with Gasteiger partial charge in [0.05, 0.1) is 5.41 Å². The predicted molar refractivity (Wildman–Crippen MR) is 140 cm³/mol. The van der Waals surface area contributed by atoms with Crippen LogP contribution >= 0.6 is 0 Å². The SMILES string of the molecule is O=C(N1CCC(CCN2C3CCC[C@H]4CC342)(c2ccccc2)CC1)C1(c2ccccc2)CCCC1. The summed E-state index contributed by atoms with van der Waals surface area (Å²) in [4.78, 5) is 19.2. The molecule has 0 aromatic heterocycles. The van der Waals surface area contributed by atoms with Crippen LogP contribution in [0.4, 0.5) is 0 Å². The number of hydrogen-bond donors (Lipinski definition) is 0. The van der Waals surface area contributed by atoms with Gasteiger partial charge in [0.25, 0.3) is 0 Å². The van der Waals surface area contributed by atoms with Crippen LogP contribution in [0, 0.1) is 5.92 Å². The van der Waals surface area contributed by atoms with E-state index in [0.717, 1.165) is 50.7 Å². The third-order valence-electron chi connectivity index (χ3n) is 11.0. The number of rotatable bonds is 6. The zero-order valence-corrected chi connectivity index (χ0v) is 21.1. The van der Waals surface area contributed by atoms with Crippen LogP contribution < -0.4 is 0 Å². The van der Waals surface area contributed by atoms with Gasteiger partial charge in [0.2, 0.25) is 5.91 Å². The molecule has 0 radical (unpaired) electrons. The van der Waals surface area contributed by atoms with E-state index in [1.807, 2.05) is 0 Å². The van der Waals surface area contributed by atoms with Gasteiger partial charge < -0.3 is 4.90 Å². The lowest BCUT2D eigenvalue weighted by atomic mass is 9.69. The van der Waals surface area contributed by atoms with Crippen molar-refractivity contribution in [3.63, 3.8) is 0 Å². The summed E-state index contributed by atoms with van der Waals surface area (Å²) in [7, 11) is 0. The van der Waals surface area contributed by atoms with Gasteiger partial charge in [-0.1, -0.05) is 79.9 Å². The highest BCUT2D eigenvalue weighted by molar-refractivity contribution is 5.88. The van der Waals surface area contributed by atoms with Crippen molar-refractivity contribution >= 4 is 5.91 Å². The van der Waals surface area contributed by atoms with Gasteiger partial charge in [-0.15, -0.1) is 0 Å². The Balaban J connectivity index is 1.09. The van der Waals surface area contributed by atoms with Crippen LogP contribution in [0.1, 0.15) is 81.8 Å². The van der Waals surface area contributed by atoms with Crippen molar-refractivity contribution in [3.8, 4) is 0 Å². The monoisotopic (exact) mass is 468 g/mol. The second-order valence-corrected chi connectivity index (χ2v) is 12.4. The predicted octanol–water partition coefficient (Wildman–Crippen LogP) is 6.08. The van der Waals surface area contributed by atoms with Crippen molar-refractivity contribution in [2.24, 2.45) is 5.92 Å². The average Bonchev–Trinajstić information content (AvgIpc) is 3.73. The molecule has 2 aromatic rings. The largest absolute Gasteiger partial charge is 0.342 e. The fourth-order valence-electron chi connectivity index (χ4n) is 8.86. The Morgan fingerprint density at radius 1 is 0.800 bits per heavy atom. The van der Waals surface area contributed by atoms with Gasteiger partial charge in [-0.3, -0.25) is 9.69 Å². The summed E-state index contributed by atoms with van der Waals surface area (Å²) in [5.41, 5.74) is 3.30. The zero-order valence-electron chi connectivity index (χ0n) is 21.1. The Kier molecular flexibility index (Phi) is 5.18. The highest BCUT2D eigenvalue weighted by atomic mass is 16.2. The van der Waals surface area contributed by atoms with E-state index in [9.17, 15) is 4.79 Å². The maximum atomic E-state index is 14.1. The minimum atomic E-state index is -0.288. The number of benzene rings is 2. The van der Waals surface area contributed by atoms with Crippen molar-refractivity contribution in [2.45, 2.75) is 93.0 Å². The molecule has 2 aliphatic heterocycles. The van der Waals surface area contributed by atoms with E-state index >= 15 is 0 Å². The molecule has 5 aliphatic rings. The third kappa shape index (κ3) is 3.37. The quantitative estimate of drug-likeness (QED) is 0.480. The van der Waals surface area contributed by atoms with Crippen molar-refractivity contribution in [2.75, 3.05) is 19.6 Å². The van der Waals surface area contributed by atoms with E-state index < -0.39 is 0 Å². The maximum Gasteiger partial charge on any atom is 0.233 e. The summed E-state index contributed by atoms with van der Waals surface area (Å²) in [5, 5.41) is 0. The fraction of sp³-hybridized carbons (Fsp3) is 0.594. The molecule has 3 nitrogen and oxygen atoms in total. The first-order valence-corrected chi connectivity index (χ1v) is 14.4. The number of piperidine rings is 1. The molecule has 1 spiro atoms. The van der Waals surface area contributed by atoms with Crippen LogP contribution in [-0.2, 0) is 15.6 Å². The Morgan fingerprint density at radius 2 is 1.46 bits per heavy atom. The lowest BCUT2D eigenvalue weighted by Crippen LogP contribution is -2.51. The normalized spacial score (nSPS) is 34.1. The highest BCUT2D eigenvalue weighted by Crippen LogP contribution is 2.70. The molecule has 2 aromatic carbocycles. The molecule has 5 fully saturated rings. The van der Waals surface area contributed by atoms with E-state index in [1.54, 1.807) is 0 Å². The van der Waals surface area contributed by atoms with Crippen LogP contribution in [0.3, 0.4) is 0 Å². The lowest BCUT2D eigenvalue weighted by molar-refractivity contribution is -0.139. The maximum absolute atomic E-state index is 14.1. The first kappa shape index (κ1) is 22.1. The van der Waals surface area contributed by atoms with Crippen LogP contribution in [0.5, 0.6) is 0 Å². The Bertz CT molecular complexity index is 1070. The lowest BCUT2D eigenvalue weighted by Gasteiger charge is -2.45. The smallest absolute Gasteiger partial charge is 0.233 e. The molecule has 3 saturated carbocycles. The third-order valence-corrected chi connectivity index (χ3v) is 11.0. The summed E-state index contributed by atoms with van der Waals surface area (Å²) in [6.45, 7) is 3.05. The highest BCUT2D eigenvalue weighted by Gasteiger charge is 2.76. The molecule has 0 N–H and O–H groups in total. The number of carbonyl (C=O) groups is 1. The number of amides is 1. The first-order valence-electron chi connectivity index (χ1n) is 14.4.